The standard InChI is InChI=1S/C19H24ClN3O2.HI/c1-4-21-19(23-13(2)15-6-8-16(20)9-7-15)22-12-14-5-10-18(25-3)17(24)11-14;/h5-11,13,24H,4,12H2,1-3H3,(H2,21,22,23);1H. The predicted octanol–water partition coefficient (Wildman–Crippen LogP) is 4.49. The van der Waals surface area contributed by atoms with Crippen LogP contribution in [0.3, 0.4) is 0 Å². The summed E-state index contributed by atoms with van der Waals surface area (Å²) < 4.78 is 5.05. The molecule has 0 bridgehead atoms. The molecular formula is C19H25ClIN3O2. The van der Waals surface area contributed by atoms with Crippen molar-refractivity contribution in [1.82, 2.24) is 10.6 Å². The molecule has 0 heterocycles. The van der Waals surface area contributed by atoms with Gasteiger partial charge < -0.3 is 20.5 Å². The molecular weight excluding hydrogens is 465 g/mol. The first-order valence-electron chi connectivity index (χ1n) is 8.19. The number of aliphatic imine (C=N–C) groups is 1. The highest BCUT2D eigenvalue weighted by Gasteiger charge is 2.08. The number of benzene rings is 2. The number of phenolic OH excluding ortho intramolecular Hbond substituents is 1. The fourth-order valence-electron chi connectivity index (χ4n) is 2.36. The van der Waals surface area contributed by atoms with E-state index in [0.717, 1.165) is 22.7 Å². The number of halogens is 2. The highest BCUT2D eigenvalue weighted by atomic mass is 127. The van der Waals surface area contributed by atoms with Crippen molar-refractivity contribution in [1.29, 1.82) is 0 Å². The number of hydrogen-bond acceptors (Lipinski definition) is 3. The van der Waals surface area contributed by atoms with Gasteiger partial charge in [0.1, 0.15) is 0 Å². The van der Waals surface area contributed by atoms with Gasteiger partial charge in [0.15, 0.2) is 17.5 Å². The molecule has 0 spiro atoms. The lowest BCUT2D eigenvalue weighted by Gasteiger charge is -2.18. The summed E-state index contributed by atoms with van der Waals surface area (Å²) in [5, 5.41) is 17.2. The molecule has 0 radical (unpaired) electrons. The minimum atomic E-state index is 0. The van der Waals surface area contributed by atoms with E-state index in [0.29, 0.717) is 18.3 Å². The van der Waals surface area contributed by atoms with Gasteiger partial charge in [0.05, 0.1) is 19.7 Å². The number of rotatable bonds is 6. The predicted molar refractivity (Wildman–Crippen MR) is 118 cm³/mol. The summed E-state index contributed by atoms with van der Waals surface area (Å²) in [4.78, 5) is 4.58. The van der Waals surface area contributed by atoms with Crippen molar-refractivity contribution in [3.63, 3.8) is 0 Å². The summed E-state index contributed by atoms with van der Waals surface area (Å²) in [6, 6.07) is 13.1. The molecule has 5 nitrogen and oxygen atoms in total. The second kappa shape index (κ2) is 11.1. The molecule has 2 rings (SSSR count). The average molecular weight is 490 g/mol. The molecule has 3 N–H and O–H groups in total. The Morgan fingerprint density at radius 1 is 1.23 bits per heavy atom. The summed E-state index contributed by atoms with van der Waals surface area (Å²) in [5.41, 5.74) is 2.02. The number of ether oxygens (including phenoxy) is 1. The van der Waals surface area contributed by atoms with E-state index in [-0.39, 0.29) is 35.8 Å². The highest BCUT2D eigenvalue weighted by molar-refractivity contribution is 14.0. The number of nitrogens with zero attached hydrogens (tertiary/aromatic N) is 1. The van der Waals surface area contributed by atoms with E-state index in [2.05, 4.69) is 22.5 Å². The normalized spacial score (nSPS) is 12.1. The smallest absolute Gasteiger partial charge is 0.192 e. The molecule has 0 amide bonds. The van der Waals surface area contributed by atoms with Crippen molar-refractivity contribution in [3.8, 4) is 11.5 Å². The summed E-state index contributed by atoms with van der Waals surface area (Å²) in [6.07, 6.45) is 0. The Balaban J connectivity index is 0.00000338. The van der Waals surface area contributed by atoms with Crippen LogP contribution in [-0.4, -0.2) is 24.7 Å². The summed E-state index contributed by atoms with van der Waals surface area (Å²) in [6.45, 7) is 5.28. The Bertz CT molecular complexity index is 723. The van der Waals surface area contributed by atoms with Crippen molar-refractivity contribution in [2.75, 3.05) is 13.7 Å². The first-order chi connectivity index (χ1) is 12.0. The Morgan fingerprint density at radius 2 is 1.92 bits per heavy atom. The third kappa shape index (κ3) is 6.57. The van der Waals surface area contributed by atoms with Crippen LogP contribution >= 0.6 is 35.6 Å². The SMILES string of the molecule is CCNC(=NCc1ccc(OC)c(O)c1)NC(C)c1ccc(Cl)cc1.I. The van der Waals surface area contributed by atoms with Crippen LogP contribution in [0.4, 0.5) is 0 Å². The van der Waals surface area contributed by atoms with Gasteiger partial charge in [-0.3, -0.25) is 0 Å². The zero-order chi connectivity index (χ0) is 18.2. The van der Waals surface area contributed by atoms with Gasteiger partial charge >= 0.3 is 0 Å². The number of hydrogen-bond donors (Lipinski definition) is 3. The van der Waals surface area contributed by atoms with Crippen LogP contribution in [0.1, 0.15) is 31.0 Å². The van der Waals surface area contributed by atoms with E-state index in [4.69, 9.17) is 16.3 Å². The monoisotopic (exact) mass is 489 g/mol. The van der Waals surface area contributed by atoms with Gasteiger partial charge in [0.25, 0.3) is 0 Å². The molecule has 7 heteroatoms. The number of aromatic hydroxyl groups is 1. The average Bonchev–Trinajstić information content (AvgIpc) is 2.60. The molecule has 1 unspecified atom stereocenters. The van der Waals surface area contributed by atoms with Crippen molar-refractivity contribution in [3.05, 3.63) is 58.6 Å². The Morgan fingerprint density at radius 3 is 2.50 bits per heavy atom. The van der Waals surface area contributed by atoms with Crippen LogP contribution in [0.5, 0.6) is 11.5 Å². The van der Waals surface area contributed by atoms with Crippen LogP contribution in [0.25, 0.3) is 0 Å². The molecule has 0 saturated heterocycles. The molecule has 0 aromatic heterocycles. The zero-order valence-corrected chi connectivity index (χ0v) is 18.2. The quantitative estimate of drug-likeness (QED) is 0.318. The van der Waals surface area contributed by atoms with Crippen molar-refractivity contribution in [2.24, 2.45) is 4.99 Å². The maximum Gasteiger partial charge on any atom is 0.192 e. The molecule has 2 aromatic carbocycles. The molecule has 0 aliphatic carbocycles. The molecule has 142 valence electrons. The maximum absolute atomic E-state index is 9.86. The Hall–Kier alpha value is -1.67. The zero-order valence-electron chi connectivity index (χ0n) is 15.1. The first kappa shape index (κ1) is 22.4. The minimum absolute atomic E-state index is 0. The van der Waals surface area contributed by atoms with Crippen LogP contribution in [0.2, 0.25) is 5.02 Å². The fourth-order valence-corrected chi connectivity index (χ4v) is 2.49. The van der Waals surface area contributed by atoms with E-state index >= 15 is 0 Å². The van der Waals surface area contributed by atoms with E-state index in [1.54, 1.807) is 12.1 Å². The van der Waals surface area contributed by atoms with E-state index in [1.807, 2.05) is 37.3 Å². The third-order valence-corrected chi connectivity index (χ3v) is 3.98. The number of phenols is 1. The molecule has 2 aromatic rings. The molecule has 26 heavy (non-hydrogen) atoms. The lowest BCUT2D eigenvalue weighted by Crippen LogP contribution is -2.38. The van der Waals surface area contributed by atoms with Gasteiger partial charge in [0, 0.05) is 11.6 Å². The van der Waals surface area contributed by atoms with Crippen molar-refractivity contribution < 1.29 is 9.84 Å². The number of methoxy groups -OCH3 is 1. The first-order valence-corrected chi connectivity index (χ1v) is 8.57. The highest BCUT2D eigenvalue weighted by Crippen LogP contribution is 2.26. The van der Waals surface area contributed by atoms with Gasteiger partial charge in [-0.1, -0.05) is 29.8 Å². The second-order valence-corrected chi connectivity index (χ2v) is 6.06. The largest absolute Gasteiger partial charge is 0.504 e. The van der Waals surface area contributed by atoms with E-state index in [1.165, 1.54) is 7.11 Å². The second-order valence-electron chi connectivity index (χ2n) is 5.62. The van der Waals surface area contributed by atoms with E-state index in [9.17, 15) is 5.11 Å². The molecule has 1 atom stereocenters. The number of nitrogens with one attached hydrogen (secondary N) is 2. The maximum atomic E-state index is 9.86. The molecule has 0 saturated carbocycles. The Labute approximate surface area is 176 Å². The fraction of sp³-hybridized carbons (Fsp3) is 0.316. The van der Waals surface area contributed by atoms with Gasteiger partial charge in [-0.2, -0.15) is 0 Å². The van der Waals surface area contributed by atoms with Crippen LogP contribution in [-0.2, 0) is 6.54 Å². The van der Waals surface area contributed by atoms with Gasteiger partial charge in [-0.05, 0) is 49.2 Å². The molecule has 0 aliphatic heterocycles. The van der Waals surface area contributed by atoms with Gasteiger partial charge in [-0.25, -0.2) is 4.99 Å². The topological polar surface area (TPSA) is 65.9 Å². The summed E-state index contributed by atoms with van der Waals surface area (Å²) >= 11 is 5.94. The van der Waals surface area contributed by atoms with E-state index < -0.39 is 0 Å². The van der Waals surface area contributed by atoms with Gasteiger partial charge in [0.2, 0.25) is 0 Å². The van der Waals surface area contributed by atoms with Crippen LogP contribution < -0.4 is 15.4 Å². The van der Waals surface area contributed by atoms with Crippen LogP contribution in [0, 0.1) is 0 Å². The summed E-state index contributed by atoms with van der Waals surface area (Å²) in [7, 11) is 1.53. The van der Waals surface area contributed by atoms with Crippen LogP contribution in [0.15, 0.2) is 47.5 Å². The van der Waals surface area contributed by atoms with Crippen molar-refractivity contribution in [2.45, 2.75) is 26.4 Å². The number of guanidine groups is 1. The van der Waals surface area contributed by atoms with Crippen molar-refractivity contribution >= 4 is 41.5 Å². The summed E-state index contributed by atoms with van der Waals surface area (Å²) in [5.74, 6) is 1.28. The Kier molecular flexibility index (Phi) is 9.58. The van der Waals surface area contributed by atoms with Gasteiger partial charge in [-0.15, -0.1) is 24.0 Å². The molecule has 0 fully saturated rings. The molecule has 0 aliphatic rings. The lowest BCUT2D eigenvalue weighted by atomic mass is 10.1. The minimum Gasteiger partial charge on any atom is -0.504 e. The lowest BCUT2D eigenvalue weighted by molar-refractivity contribution is 0.373. The third-order valence-electron chi connectivity index (χ3n) is 3.73.